The molecule has 2 amide bonds. The number of benzene rings is 1. The number of aryl methyl sites for hydroxylation is 2. The Labute approximate surface area is 145 Å². The second kappa shape index (κ2) is 6.97. The summed E-state index contributed by atoms with van der Waals surface area (Å²) in [6.07, 6.45) is 1.86. The fourth-order valence-electron chi connectivity index (χ4n) is 2.62. The van der Waals surface area contributed by atoms with Crippen molar-refractivity contribution in [3.05, 3.63) is 51.7 Å². The summed E-state index contributed by atoms with van der Waals surface area (Å²) in [4.78, 5) is 27.1. The molecule has 3 rings (SSSR count). The molecule has 5 nitrogen and oxygen atoms in total. The van der Waals surface area contributed by atoms with Crippen LogP contribution in [0.3, 0.4) is 0 Å². The molecule has 1 N–H and O–H groups in total. The van der Waals surface area contributed by atoms with Crippen LogP contribution in [0, 0.1) is 19.8 Å². The molecule has 0 spiro atoms. The third kappa shape index (κ3) is 3.54. The first-order chi connectivity index (χ1) is 11.5. The summed E-state index contributed by atoms with van der Waals surface area (Å²) in [5.74, 6) is -0.624. The van der Waals surface area contributed by atoms with Crippen molar-refractivity contribution in [2.24, 2.45) is 11.0 Å². The van der Waals surface area contributed by atoms with Gasteiger partial charge >= 0.3 is 0 Å². The Hall–Kier alpha value is -2.47. The molecule has 1 aromatic carbocycles. The Morgan fingerprint density at radius 3 is 2.71 bits per heavy atom. The van der Waals surface area contributed by atoms with E-state index in [4.69, 9.17) is 0 Å². The van der Waals surface area contributed by atoms with Gasteiger partial charge in [0.15, 0.2) is 0 Å². The average molecular weight is 341 g/mol. The molecule has 124 valence electrons. The molecule has 0 radical (unpaired) electrons. The van der Waals surface area contributed by atoms with Crippen molar-refractivity contribution in [1.82, 2.24) is 5.43 Å². The summed E-state index contributed by atoms with van der Waals surface area (Å²) in [6, 6.07) is 9.74. The second-order valence-corrected chi connectivity index (χ2v) is 6.89. The lowest BCUT2D eigenvalue weighted by molar-refractivity contribution is -0.126. The smallest absolute Gasteiger partial charge is 0.245 e. The molecule has 0 saturated carbocycles. The number of hydrogen-bond donors (Lipinski definition) is 1. The predicted molar refractivity (Wildman–Crippen MR) is 96.4 cm³/mol. The van der Waals surface area contributed by atoms with Crippen molar-refractivity contribution in [3.63, 3.8) is 0 Å². The summed E-state index contributed by atoms with van der Waals surface area (Å²) in [5.41, 5.74) is 5.64. The first-order valence-electron chi connectivity index (χ1n) is 7.78. The van der Waals surface area contributed by atoms with Crippen LogP contribution in [0.15, 0.2) is 40.8 Å². The number of anilines is 1. The average Bonchev–Trinajstić information content (AvgIpc) is 3.14. The van der Waals surface area contributed by atoms with Crippen LogP contribution in [0.5, 0.6) is 0 Å². The van der Waals surface area contributed by atoms with Gasteiger partial charge in [0.1, 0.15) is 0 Å². The predicted octanol–water partition coefficient (Wildman–Crippen LogP) is 2.87. The van der Waals surface area contributed by atoms with Crippen molar-refractivity contribution < 1.29 is 9.59 Å². The molecule has 1 atom stereocenters. The zero-order valence-corrected chi connectivity index (χ0v) is 14.5. The molecule has 6 heteroatoms. The highest BCUT2D eigenvalue weighted by Gasteiger charge is 2.35. The Morgan fingerprint density at radius 2 is 2.04 bits per heavy atom. The van der Waals surface area contributed by atoms with Crippen LogP contribution in [0.1, 0.15) is 22.4 Å². The number of nitrogens with zero attached hydrogens (tertiary/aromatic N) is 2. The summed E-state index contributed by atoms with van der Waals surface area (Å²) < 4.78 is 0. The minimum Gasteiger partial charge on any atom is -0.312 e. The van der Waals surface area contributed by atoms with Crippen molar-refractivity contribution >= 4 is 35.1 Å². The highest BCUT2D eigenvalue weighted by molar-refractivity contribution is 7.11. The molecule has 2 heterocycles. The number of amides is 2. The lowest BCUT2D eigenvalue weighted by Crippen LogP contribution is -2.30. The molecule has 1 saturated heterocycles. The third-order valence-corrected chi connectivity index (χ3v) is 5.05. The fraction of sp³-hybridized carbons (Fsp3) is 0.278. The van der Waals surface area contributed by atoms with Crippen LogP contribution in [0.2, 0.25) is 0 Å². The highest BCUT2D eigenvalue weighted by atomic mass is 32.1. The molecule has 1 aromatic heterocycles. The van der Waals surface area contributed by atoms with E-state index >= 15 is 0 Å². The molecule has 1 fully saturated rings. The number of thiophene rings is 1. The SMILES string of the molecule is Cc1ccc(N2CC(C(=O)N/N=C/c3sccc3C)CC2=O)cc1. The van der Waals surface area contributed by atoms with E-state index in [2.05, 4.69) is 10.5 Å². The van der Waals surface area contributed by atoms with Crippen molar-refractivity contribution in [2.75, 3.05) is 11.4 Å². The van der Waals surface area contributed by atoms with Crippen LogP contribution in [0.25, 0.3) is 0 Å². The van der Waals surface area contributed by atoms with Crippen LogP contribution in [-0.4, -0.2) is 24.6 Å². The molecule has 2 aromatic rings. The van der Waals surface area contributed by atoms with Crippen LogP contribution < -0.4 is 10.3 Å². The van der Waals surface area contributed by atoms with Gasteiger partial charge in [-0.3, -0.25) is 9.59 Å². The van der Waals surface area contributed by atoms with Gasteiger partial charge < -0.3 is 4.90 Å². The molecule has 1 unspecified atom stereocenters. The standard InChI is InChI=1S/C18H19N3O2S/c1-12-3-5-15(6-4-12)21-11-14(9-17(21)22)18(23)20-19-10-16-13(2)7-8-24-16/h3-8,10,14H,9,11H2,1-2H3,(H,20,23)/b19-10+. The van der Waals surface area contributed by atoms with Gasteiger partial charge in [0.2, 0.25) is 11.8 Å². The van der Waals surface area contributed by atoms with E-state index in [9.17, 15) is 9.59 Å². The van der Waals surface area contributed by atoms with E-state index in [1.165, 1.54) is 0 Å². The van der Waals surface area contributed by atoms with Gasteiger partial charge in [0.05, 0.1) is 12.1 Å². The number of nitrogens with one attached hydrogen (secondary N) is 1. The van der Waals surface area contributed by atoms with Crippen molar-refractivity contribution in [3.8, 4) is 0 Å². The maximum absolute atomic E-state index is 12.2. The van der Waals surface area contributed by atoms with Crippen molar-refractivity contribution in [2.45, 2.75) is 20.3 Å². The lowest BCUT2D eigenvalue weighted by atomic mass is 10.1. The quantitative estimate of drug-likeness (QED) is 0.686. The van der Waals surface area contributed by atoms with Gasteiger partial charge in [-0.1, -0.05) is 17.7 Å². The minimum atomic E-state index is -0.375. The molecule has 1 aliphatic rings. The van der Waals surface area contributed by atoms with Gasteiger partial charge in [0.25, 0.3) is 0 Å². The molecule has 0 bridgehead atoms. The van der Waals surface area contributed by atoms with E-state index in [0.29, 0.717) is 6.54 Å². The maximum Gasteiger partial charge on any atom is 0.245 e. The summed E-state index contributed by atoms with van der Waals surface area (Å²) >= 11 is 1.57. The van der Waals surface area contributed by atoms with Gasteiger partial charge in [0, 0.05) is 23.5 Å². The summed E-state index contributed by atoms with van der Waals surface area (Å²) in [5, 5.41) is 5.99. The maximum atomic E-state index is 12.2. The Balaban J connectivity index is 1.60. The number of carbonyl (C=O) groups is 2. The summed E-state index contributed by atoms with van der Waals surface area (Å²) in [7, 11) is 0. The molecule has 0 aliphatic carbocycles. The Morgan fingerprint density at radius 1 is 1.29 bits per heavy atom. The Kier molecular flexibility index (Phi) is 4.76. The van der Waals surface area contributed by atoms with Gasteiger partial charge in [-0.2, -0.15) is 5.10 Å². The molecular weight excluding hydrogens is 322 g/mol. The first kappa shape index (κ1) is 16.4. The number of rotatable bonds is 4. The zero-order chi connectivity index (χ0) is 17.1. The van der Waals surface area contributed by atoms with E-state index in [-0.39, 0.29) is 24.2 Å². The summed E-state index contributed by atoms with van der Waals surface area (Å²) in [6.45, 7) is 4.38. The van der Waals surface area contributed by atoms with Gasteiger partial charge in [-0.15, -0.1) is 11.3 Å². The van der Waals surface area contributed by atoms with Gasteiger partial charge in [-0.05, 0) is 43.0 Å². The normalized spacial score (nSPS) is 17.7. The monoisotopic (exact) mass is 341 g/mol. The first-order valence-corrected chi connectivity index (χ1v) is 8.66. The van der Waals surface area contributed by atoms with Gasteiger partial charge in [-0.25, -0.2) is 5.43 Å². The van der Waals surface area contributed by atoms with E-state index in [1.54, 1.807) is 22.5 Å². The zero-order valence-electron chi connectivity index (χ0n) is 13.7. The van der Waals surface area contributed by atoms with Crippen LogP contribution >= 0.6 is 11.3 Å². The lowest BCUT2D eigenvalue weighted by Gasteiger charge is -2.16. The van der Waals surface area contributed by atoms with Crippen molar-refractivity contribution in [1.29, 1.82) is 0 Å². The number of hydrazone groups is 1. The fourth-order valence-corrected chi connectivity index (χ4v) is 3.41. The highest BCUT2D eigenvalue weighted by Crippen LogP contribution is 2.25. The number of hydrogen-bond acceptors (Lipinski definition) is 4. The Bertz CT molecular complexity index is 780. The second-order valence-electron chi connectivity index (χ2n) is 5.94. The molecular formula is C18H19N3O2S. The van der Waals surface area contributed by atoms with Crippen LogP contribution in [-0.2, 0) is 9.59 Å². The third-order valence-electron chi connectivity index (χ3n) is 4.10. The number of carbonyl (C=O) groups excluding carboxylic acids is 2. The molecule has 24 heavy (non-hydrogen) atoms. The molecule has 1 aliphatic heterocycles. The van der Waals surface area contributed by atoms with E-state index in [0.717, 1.165) is 21.7 Å². The van der Waals surface area contributed by atoms with Crippen LogP contribution in [0.4, 0.5) is 5.69 Å². The largest absolute Gasteiger partial charge is 0.312 e. The van der Waals surface area contributed by atoms with E-state index < -0.39 is 0 Å². The minimum absolute atomic E-state index is 0.0305. The van der Waals surface area contributed by atoms with E-state index in [1.807, 2.05) is 49.6 Å². The topological polar surface area (TPSA) is 61.8 Å².